The van der Waals surface area contributed by atoms with E-state index in [1.807, 2.05) is 12.1 Å². The Balaban J connectivity index is 1.59. The molecule has 4 rings (SSSR count). The molecule has 0 radical (unpaired) electrons. The third-order valence-corrected chi connectivity index (χ3v) is 5.75. The maximum absolute atomic E-state index is 13.3. The lowest BCUT2D eigenvalue weighted by Gasteiger charge is -2.28. The van der Waals surface area contributed by atoms with Crippen LogP contribution in [0.3, 0.4) is 0 Å². The lowest BCUT2D eigenvalue weighted by Crippen LogP contribution is -2.36. The molecule has 9 heteroatoms. The van der Waals surface area contributed by atoms with Crippen LogP contribution in [-0.4, -0.2) is 20.9 Å². The van der Waals surface area contributed by atoms with Crippen LogP contribution in [0.25, 0.3) is 22.8 Å². The number of benzene rings is 2. The highest BCUT2D eigenvalue weighted by Gasteiger charge is 2.48. The van der Waals surface area contributed by atoms with Crippen molar-refractivity contribution in [1.29, 1.82) is 0 Å². The average molecular weight is 474 g/mol. The van der Waals surface area contributed by atoms with Crippen molar-refractivity contribution in [3.05, 3.63) is 93.4 Å². The quantitative estimate of drug-likeness (QED) is 0.351. The summed E-state index contributed by atoms with van der Waals surface area (Å²) in [4.78, 5) is 16.6. The Morgan fingerprint density at radius 2 is 1.58 bits per heavy atom. The molecule has 0 unspecified atom stereocenters. The van der Waals surface area contributed by atoms with E-state index in [4.69, 9.17) is 16.1 Å². The molecule has 33 heavy (non-hydrogen) atoms. The zero-order chi connectivity index (χ0) is 23.8. The molecule has 0 N–H and O–H groups in total. The SMILES string of the molecule is CC(C)(c1ccc(-c2noc(-c3ccc(=O)n(Cc4ccc(Cl)cc4)c3)n2)cc1)C(F)(F)F. The molecule has 2 heterocycles. The molecule has 2 aromatic carbocycles. The molecule has 0 saturated carbocycles. The van der Waals surface area contributed by atoms with Crippen molar-refractivity contribution < 1.29 is 17.7 Å². The molecule has 0 aliphatic heterocycles. The van der Waals surface area contributed by atoms with E-state index >= 15 is 0 Å². The van der Waals surface area contributed by atoms with E-state index in [0.717, 1.165) is 19.4 Å². The summed E-state index contributed by atoms with van der Waals surface area (Å²) >= 11 is 5.91. The first-order valence-electron chi connectivity index (χ1n) is 10.0. The van der Waals surface area contributed by atoms with Crippen LogP contribution in [0.2, 0.25) is 5.02 Å². The Morgan fingerprint density at radius 3 is 2.21 bits per heavy atom. The minimum atomic E-state index is -4.37. The first-order chi connectivity index (χ1) is 15.5. The first kappa shape index (κ1) is 22.8. The Bertz CT molecular complexity index is 1320. The van der Waals surface area contributed by atoms with Gasteiger partial charge in [0, 0.05) is 22.8 Å². The van der Waals surface area contributed by atoms with Crippen molar-refractivity contribution in [3.63, 3.8) is 0 Å². The topological polar surface area (TPSA) is 60.9 Å². The van der Waals surface area contributed by atoms with Crippen LogP contribution in [0.5, 0.6) is 0 Å². The van der Waals surface area contributed by atoms with E-state index in [2.05, 4.69) is 10.1 Å². The third-order valence-electron chi connectivity index (χ3n) is 5.50. The summed E-state index contributed by atoms with van der Waals surface area (Å²) in [5, 5.41) is 4.54. The van der Waals surface area contributed by atoms with Crippen LogP contribution in [0.1, 0.15) is 25.0 Å². The summed E-state index contributed by atoms with van der Waals surface area (Å²) < 4.78 is 46.7. The van der Waals surface area contributed by atoms with Gasteiger partial charge in [0.15, 0.2) is 0 Å². The standard InChI is InChI=1S/C24H19ClF3N3O2/c1-23(2,24(26,27)28)18-8-5-16(6-9-18)21-29-22(33-30-21)17-7-12-20(32)31(14-17)13-15-3-10-19(25)11-4-15/h3-12,14H,13H2,1-2H3. The summed E-state index contributed by atoms with van der Waals surface area (Å²) in [6, 6.07) is 16.0. The molecule has 0 aliphatic carbocycles. The van der Waals surface area contributed by atoms with Crippen LogP contribution in [0.4, 0.5) is 13.2 Å². The van der Waals surface area contributed by atoms with E-state index in [1.54, 1.807) is 24.4 Å². The summed E-state index contributed by atoms with van der Waals surface area (Å²) in [6.45, 7) is 2.60. The Hall–Kier alpha value is -3.39. The predicted octanol–water partition coefficient (Wildman–Crippen LogP) is 6.11. The lowest BCUT2D eigenvalue weighted by molar-refractivity contribution is -0.180. The number of hydrogen-bond donors (Lipinski definition) is 0. The Labute approximate surface area is 192 Å². The zero-order valence-electron chi connectivity index (χ0n) is 17.7. The number of aromatic nitrogens is 3. The minimum Gasteiger partial charge on any atom is -0.334 e. The van der Waals surface area contributed by atoms with E-state index in [-0.39, 0.29) is 22.8 Å². The van der Waals surface area contributed by atoms with Gasteiger partial charge in [0.1, 0.15) is 0 Å². The van der Waals surface area contributed by atoms with Gasteiger partial charge in [-0.2, -0.15) is 18.2 Å². The lowest BCUT2D eigenvalue weighted by atomic mass is 9.83. The molecule has 0 aliphatic rings. The van der Waals surface area contributed by atoms with Gasteiger partial charge < -0.3 is 9.09 Å². The second-order valence-corrected chi connectivity index (χ2v) is 8.57. The number of hydrogen-bond acceptors (Lipinski definition) is 4. The molecule has 0 amide bonds. The van der Waals surface area contributed by atoms with Gasteiger partial charge in [0.25, 0.3) is 11.4 Å². The molecular formula is C24H19ClF3N3O2. The van der Waals surface area contributed by atoms with Crippen molar-refractivity contribution in [3.8, 4) is 22.8 Å². The van der Waals surface area contributed by atoms with Gasteiger partial charge in [-0.15, -0.1) is 0 Å². The summed E-state index contributed by atoms with van der Waals surface area (Å²) in [5.41, 5.74) is -0.0933. The Kier molecular flexibility index (Phi) is 5.88. The van der Waals surface area contributed by atoms with Gasteiger partial charge in [-0.05, 0) is 43.2 Å². The molecule has 0 bridgehead atoms. The van der Waals surface area contributed by atoms with Gasteiger partial charge in [-0.1, -0.05) is 53.2 Å². The second-order valence-electron chi connectivity index (χ2n) is 8.13. The van der Waals surface area contributed by atoms with E-state index < -0.39 is 11.6 Å². The maximum atomic E-state index is 13.3. The average Bonchev–Trinajstić information content (AvgIpc) is 3.26. The molecule has 0 fully saturated rings. The molecule has 2 aromatic heterocycles. The van der Waals surface area contributed by atoms with Crippen molar-refractivity contribution in [2.45, 2.75) is 32.0 Å². The van der Waals surface area contributed by atoms with Gasteiger partial charge in [0.2, 0.25) is 5.82 Å². The van der Waals surface area contributed by atoms with Gasteiger partial charge in [-0.25, -0.2) is 0 Å². The number of nitrogens with zero attached hydrogens (tertiary/aromatic N) is 3. The van der Waals surface area contributed by atoms with Crippen LogP contribution in [0.15, 0.2) is 76.2 Å². The highest BCUT2D eigenvalue weighted by atomic mass is 35.5. The monoisotopic (exact) mass is 473 g/mol. The van der Waals surface area contributed by atoms with Crippen LogP contribution in [0, 0.1) is 0 Å². The molecule has 4 aromatic rings. The Morgan fingerprint density at radius 1 is 0.939 bits per heavy atom. The highest BCUT2D eigenvalue weighted by Crippen LogP contribution is 2.40. The van der Waals surface area contributed by atoms with E-state index in [0.29, 0.717) is 22.7 Å². The first-order valence-corrected chi connectivity index (χ1v) is 10.4. The van der Waals surface area contributed by atoms with Crippen molar-refractivity contribution in [1.82, 2.24) is 14.7 Å². The van der Waals surface area contributed by atoms with Gasteiger partial charge >= 0.3 is 6.18 Å². The maximum Gasteiger partial charge on any atom is 0.397 e. The second kappa shape index (κ2) is 8.51. The minimum absolute atomic E-state index is 0.136. The largest absolute Gasteiger partial charge is 0.397 e. The number of halogens is 4. The van der Waals surface area contributed by atoms with Crippen molar-refractivity contribution in [2.75, 3.05) is 0 Å². The van der Waals surface area contributed by atoms with Crippen molar-refractivity contribution in [2.24, 2.45) is 0 Å². The molecular weight excluding hydrogens is 455 g/mol. The molecule has 170 valence electrons. The third kappa shape index (κ3) is 4.71. The van der Waals surface area contributed by atoms with Crippen LogP contribution < -0.4 is 5.56 Å². The molecule has 0 saturated heterocycles. The normalized spacial score (nSPS) is 12.2. The fraction of sp³-hybridized carbons (Fsp3) is 0.208. The fourth-order valence-electron chi connectivity index (χ4n) is 3.23. The van der Waals surface area contributed by atoms with Crippen molar-refractivity contribution >= 4 is 11.6 Å². The number of rotatable bonds is 5. The van der Waals surface area contributed by atoms with Gasteiger partial charge in [-0.3, -0.25) is 4.79 Å². The molecule has 0 spiro atoms. The molecule has 5 nitrogen and oxygen atoms in total. The smallest absolute Gasteiger partial charge is 0.334 e. The number of pyridine rings is 1. The summed E-state index contributed by atoms with van der Waals surface area (Å²) in [6.07, 6.45) is -2.76. The number of alkyl halides is 3. The van der Waals surface area contributed by atoms with E-state index in [9.17, 15) is 18.0 Å². The fourth-order valence-corrected chi connectivity index (χ4v) is 3.35. The van der Waals surface area contributed by atoms with Crippen LogP contribution >= 0.6 is 11.6 Å². The van der Waals surface area contributed by atoms with Crippen LogP contribution in [-0.2, 0) is 12.0 Å². The predicted molar refractivity (Wildman–Crippen MR) is 119 cm³/mol. The summed E-state index contributed by atoms with van der Waals surface area (Å²) in [7, 11) is 0. The zero-order valence-corrected chi connectivity index (χ0v) is 18.5. The highest BCUT2D eigenvalue weighted by molar-refractivity contribution is 6.30. The molecule has 0 atom stereocenters. The summed E-state index contributed by atoms with van der Waals surface area (Å²) in [5.74, 6) is 0.423. The van der Waals surface area contributed by atoms with E-state index in [1.165, 1.54) is 34.9 Å². The van der Waals surface area contributed by atoms with Gasteiger partial charge in [0.05, 0.1) is 17.5 Å².